The number of anilines is 1. The molecule has 110 valence electrons. The van der Waals surface area contributed by atoms with E-state index in [1.807, 2.05) is 6.92 Å². The summed E-state index contributed by atoms with van der Waals surface area (Å²) in [6.07, 6.45) is 0.810. The van der Waals surface area contributed by atoms with Crippen molar-refractivity contribution in [2.75, 3.05) is 11.9 Å². The number of nitro benzene ring substituents is 1. The van der Waals surface area contributed by atoms with Gasteiger partial charge in [0.1, 0.15) is 11.4 Å². The van der Waals surface area contributed by atoms with Crippen LogP contribution in [0.3, 0.4) is 0 Å². The molecule has 0 unspecified atom stereocenters. The number of hydrogen-bond acceptors (Lipinski definition) is 5. The Kier molecular flexibility index (Phi) is 4.89. The van der Waals surface area contributed by atoms with E-state index in [9.17, 15) is 14.9 Å². The van der Waals surface area contributed by atoms with E-state index in [1.165, 1.54) is 23.5 Å². The second-order valence-corrected chi connectivity index (χ2v) is 5.16. The first-order valence-corrected chi connectivity index (χ1v) is 7.26. The van der Waals surface area contributed by atoms with Crippen molar-refractivity contribution in [1.29, 1.82) is 0 Å². The van der Waals surface area contributed by atoms with Gasteiger partial charge in [-0.2, -0.15) is 0 Å². The molecule has 0 aliphatic carbocycles. The highest BCUT2D eigenvalue weighted by Crippen LogP contribution is 2.29. The van der Waals surface area contributed by atoms with Gasteiger partial charge in [-0.3, -0.25) is 14.9 Å². The standard InChI is InChI=1S/C14H14N2O4S/c1-2-7-20-10-5-6-11(12(9-10)16(18)19)15-14(17)13-4-3-8-21-13/h3-6,8-9H,2,7H2,1H3,(H,15,17). The Labute approximate surface area is 125 Å². The summed E-state index contributed by atoms with van der Waals surface area (Å²) in [5.41, 5.74) is -0.0317. The van der Waals surface area contributed by atoms with E-state index in [0.717, 1.165) is 6.42 Å². The second kappa shape index (κ2) is 6.85. The van der Waals surface area contributed by atoms with Gasteiger partial charge < -0.3 is 10.1 Å². The first-order valence-electron chi connectivity index (χ1n) is 6.38. The molecule has 0 radical (unpaired) electrons. The van der Waals surface area contributed by atoms with Crippen molar-refractivity contribution < 1.29 is 14.5 Å². The summed E-state index contributed by atoms with van der Waals surface area (Å²) in [7, 11) is 0. The summed E-state index contributed by atoms with van der Waals surface area (Å²) in [5, 5.41) is 15.4. The molecular formula is C14H14N2O4S. The molecule has 1 aromatic carbocycles. The zero-order valence-corrected chi connectivity index (χ0v) is 12.2. The molecule has 0 fully saturated rings. The van der Waals surface area contributed by atoms with Crippen LogP contribution < -0.4 is 10.1 Å². The molecule has 0 aliphatic heterocycles. The summed E-state index contributed by atoms with van der Waals surface area (Å²) in [5.74, 6) is 0.0491. The molecule has 1 N–H and O–H groups in total. The van der Waals surface area contributed by atoms with Gasteiger partial charge >= 0.3 is 0 Å². The number of rotatable bonds is 6. The highest BCUT2D eigenvalue weighted by Gasteiger charge is 2.18. The van der Waals surface area contributed by atoms with Gasteiger partial charge in [0.05, 0.1) is 22.5 Å². The van der Waals surface area contributed by atoms with E-state index in [4.69, 9.17) is 4.74 Å². The summed E-state index contributed by atoms with van der Waals surface area (Å²) >= 11 is 1.27. The van der Waals surface area contributed by atoms with Crippen LogP contribution in [0.5, 0.6) is 5.75 Å². The molecule has 2 aromatic rings. The van der Waals surface area contributed by atoms with Crippen molar-refractivity contribution in [2.45, 2.75) is 13.3 Å². The van der Waals surface area contributed by atoms with Crippen LogP contribution in [0.1, 0.15) is 23.0 Å². The van der Waals surface area contributed by atoms with Crippen LogP contribution in [0, 0.1) is 10.1 Å². The molecule has 6 nitrogen and oxygen atoms in total. The lowest BCUT2D eigenvalue weighted by Gasteiger charge is -2.08. The molecule has 7 heteroatoms. The van der Waals surface area contributed by atoms with E-state index in [1.54, 1.807) is 23.6 Å². The topological polar surface area (TPSA) is 81.5 Å². The molecule has 1 heterocycles. The molecule has 21 heavy (non-hydrogen) atoms. The van der Waals surface area contributed by atoms with Crippen molar-refractivity contribution >= 4 is 28.6 Å². The molecule has 1 aromatic heterocycles. The number of carbonyl (C=O) groups is 1. The molecule has 0 spiro atoms. The van der Waals surface area contributed by atoms with E-state index >= 15 is 0 Å². The monoisotopic (exact) mass is 306 g/mol. The Morgan fingerprint density at radius 1 is 1.43 bits per heavy atom. The number of amides is 1. The van der Waals surface area contributed by atoms with Crippen molar-refractivity contribution in [3.63, 3.8) is 0 Å². The largest absolute Gasteiger partial charge is 0.493 e. The predicted molar refractivity (Wildman–Crippen MR) is 81.2 cm³/mol. The Balaban J connectivity index is 2.22. The lowest BCUT2D eigenvalue weighted by atomic mass is 10.2. The minimum Gasteiger partial charge on any atom is -0.493 e. The average Bonchev–Trinajstić information content (AvgIpc) is 3.00. The van der Waals surface area contributed by atoms with Crippen LogP contribution in [0.25, 0.3) is 0 Å². The van der Waals surface area contributed by atoms with Gasteiger partial charge in [0, 0.05) is 0 Å². The third-order valence-corrected chi connectivity index (χ3v) is 3.50. The second-order valence-electron chi connectivity index (χ2n) is 4.22. The minimum absolute atomic E-state index is 0.155. The fourth-order valence-electron chi connectivity index (χ4n) is 1.67. The highest BCUT2D eigenvalue weighted by molar-refractivity contribution is 7.12. The number of carbonyl (C=O) groups excluding carboxylic acids is 1. The van der Waals surface area contributed by atoms with Crippen molar-refractivity contribution in [2.24, 2.45) is 0 Å². The normalized spacial score (nSPS) is 10.1. The molecule has 0 saturated heterocycles. The maximum Gasteiger partial charge on any atom is 0.296 e. The van der Waals surface area contributed by atoms with E-state index in [-0.39, 0.29) is 17.3 Å². The number of nitrogens with zero attached hydrogens (tertiary/aromatic N) is 1. The van der Waals surface area contributed by atoms with E-state index in [0.29, 0.717) is 17.2 Å². The van der Waals surface area contributed by atoms with Crippen LogP contribution in [0.2, 0.25) is 0 Å². The van der Waals surface area contributed by atoms with Crippen LogP contribution in [-0.2, 0) is 0 Å². The smallest absolute Gasteiger partial charge is 0.296 e. The highest BCUT2D eigenvalue weighted by atomic mass is 32.1. The van der Waals surface area contributed by atoms with E-state index < -0.39 is 4.92 Å². The van der Waals surface area contributed by atoms with Crippen molar-refractivity contribution in [3.8, 4) is 5.75 Å². The van der Waals surface area contributed by atoms with E-state index in [2.05, 4.69) is 5.32 Å². The summed E-state index contributed by atoms with van der Waals surface area (Å²) in [4.78, 5) is 23.0. The van der Waals surface area contributed by atoms with Crippen LogP contribution in [0.15, 0.2) is 35.7 Å². The fraction of sp³-hybridized carbons (Fsp3) is 0.214. The third-order valence-electron chi connectivity index (χ3n) is 2.63. The van der Waals surface area contributed by atoms with Crippen LogP contribution >= 0.6 is 11.3 Å². The molecule has 0 bridgehead atoms. The fourth-order valence-corrected chi connectivity index (χ4v) is 2.29. The minimum atomic E-state index is -0.539. The first kappa shape index (κ1) is 15.0. The van der Waals surface area contributed by atoms with Gasteiger partial charge in [-0.05, 0) is 30.0 Å². The van der Waals surface area contributed by atoms with Gasteiger partial charge in [0.15, 0.2) is 0 Å². The number of nitrogens with one attached hydrogen (secondary N) is 1. The number of hydrogen-bond donors (Lipinski definition) is 1. The number of ether oxygens (including phenoxy) is 1. The Bertz CT molecular complexity index is 640. The lowest BCUT2D eigenvalue weighted by molar-refractivity contribution is -0.384. The van der Waals surface area contributed by atoms with Crippen LogP contribution in [-0.4, -0.2) is 17.4 Å². The molecule has 2 rings (SSSR count). The van der Waals surface area contributed by atoms with Gasteiger partial charge in [0.2, 0.25) is 0 Å². The maximum absolute atomic E-state index is 12.0. The molecule has 1 amide bonds. The van der Waals surface area contributed by atoms with Gasteiger partial charge in [-0.1, -0.05) is 13.0 Å². The summed E-state index contributed by atoms with van der Waals surface area (Å²) < 4.78 is 5.36. The Hall–Kier alpha value is -2.41. The molecule has 0 aliphatic rings. The average molecular weight is 306 g/mol. The summed E-state index contributed by atoms with van der Waals surface area (Å²) in [6, 6.07) is 7.81. The molecule has 0 saturated carbocycles. The SMILES string of the molecule is CCCOc1ccc(NC(=O)c2cccs2)c([N+](=O)[O-])c1. The maximum atomic E-state index is 12.0. The lowest BCUT2D eigenvalue weighted by Crippen LogP contribution is -2.11. The Morgan fingerprint density at radius 3 is 2.86 bits per heavy atom. The van der Waals surface area contributed by atoms with Crippen molar-refractivity contribution in [1.82, 2.24) is 0 Å². The van der Waals surface area contributed by atoms with Gasteiger partial charge in [-0.15, -0.1) is 11.3 Å². The number of nitro groups is 1. The number of thiophene rings is 1. The third kappa shape index (κ3) is 3.79. The zero-order chi connectivity index (χ0) is 15.2. The quantitative estimate of drug-likeness (QED) is 0.651. The molecule has 0 atom stereocenters. The Morgan fingerprint density at radius 2 is 2.24 bits per heavy atom. The van der Waals surface area contributed by atoms with Gasteiger partial charge in [-0.25, -0.2) is 0 Å². The molecular weight excluding hydrogens is 292 g/mol. The zero-order valence-electron chi connectivity index (χ0n) is 11.4. The predicted octanol–water partition coefficient (Wildman–Crippen LogP) is 3.70. The summed E-state index contributed by atoms with van der Waals surface area (Å²) in [6.45, 7) is 2.43. The van der Waals surface area contributed by atoms with Crippen molar-refractivity contribution in [3.05, 3.63) is 50.7 Å². The number of benzene rings is 1. The van der Waals surface area contributed by atoms with Crippen LogP contribution in [0.4, 0.5) is 11.4 Å². The first-order chi connectivity index (χ1) is 10.1. The van der Waals surface area contributed by atoms with Gasteiger partial charge in [0.25, 0.3) is 11.6 Å².